The highest BCUT2D eigenvalue weighted by Crippen LogP contribution is 2.51. The summed E-state index contributed by atoms with van der Waals surface area (Å²) in [7, 11) is 0. The summed E-state index contributed by atoms with van der Waals surface area (Å²) in [6.45, 7) is 4.62. The van der Waals surface area contributed by atoms with Crippen molar-refractivity contribution < 1.29 is 0 Å². The van der Waals surface area contributed by atoms with Gasteiger partial charge < -0.3 is 0 Å². The van der Waals surface area contributed by atoms with Crippen molar-refractivity contribution in [3.8, 4) is 0 Å². The zero-order valence-electron chi connectivity index (χ0n) is 31.5. The Labute approximate surface area is 320 Å². The van der Waals surface area contributed by atoms with Gasteiger partial charge in [0, 0.05) is 40.3 Å². The van der Waals surface area contributed by atoms with Crippen molar-refractivity contribution in [1.82, 2.24) is 0 Å². The van der Waals surface area contributed by atoms with E-state index in [1.54, 1.807) is 40.7 Å². The van der Waals surface area contributed by atoms with Crippen LogP contribution in [-0.2, 0) is 12.8 Å². The zero-order chi connectivity index (χ0) is 34.4. The summed E-state index contributed by atoms with van der Waals surface area (Å²) in [5, 5.41) is 10.8. The Morgan fingerprint density at radius 3 is 1.04 bits per heavy atom. The quantitative estimate of drug-likeness (QED) is 0.0485. The Morgan fingerprint density at radius 1 is 0.380 bits per heavy atom. The summed E-state index contributed by atoms with van der Waals surface area (Å²) in [6.07, 6.45) is 36.4. The molecule has 0 atom stereocenters. The van der Waals surface area contributed by atoms with Crippen LogP contribution in [0.3, 0.4) is 0 Å². The summed E-state index contributed by atoms with van der Waals surface area (Å²) in [5.41, 5.74) is 3.23. The highest BCUT2D eigenvalue weighted by atomic mass is 32.1. The van der Waals surface area contributed by atoms with Gasteiger partial charge in [-0.15, -0.1) is 45.3 Å². The molecule has 0 nitrogen and oxygen atoms in total. The molecule has 0 spiro atoms. The average molecular weight is 745 g/mol. The van der Waals surface area contributed by atoms with Gasteiger partial charge in [0.25, 0.3) is 0 Å². The number of fused-ring (bicyclic) bond motifs is 9. The van der Waals surface area contributed by atoms with E-state index in [9.17, 15) is 0 Å². The highest BCUT2D eigenvalue weighted by molar-refractivity contribution is 7.38. The van der Waals surface area contributed by atoms with E-state index in [2.05, 4.69) is 71.5 Å². The maximum atomic E-state index is 2.57. The first-order valence-electron chi connectivity index (χ1n) is 21.0. The SMILES string of the molecule is CCCCCCCCCCCCCCc1cc2sccc2c2sc3c(sc4c5ccsc5cc(CCCCCCCCCCCCCC)c43)c12. The van der Waals surface area contributed by atoms with Crippen molar-refractivity contribution >= 4 is 95.1 Å². The Hall–Kier alpha value is -1.46. The van der Waals surface area contributed by atoms with Crippen LogP contribution in [0.2, 0.25) is 0 Å². The molecule has 0 saturated heterocycles. The van der Waals surface area contributed by atoms with E-state index >= 15 is 0 Å². The normalized spacial score (nSPS) is 12.3. The van der Waals surface area contributed by atoms with Crippen molar-refractivity contribution in [3.05, 3.63) is 46.2 Å². The molecule has 6 rings (SSSR count). The number of hydrogen-bond donors (Lipinski definition) is 0. The lowest BCUT2D eigenvalue weighted by Gasteiger charge is -2.07. The van der Waals surface area contributed by atoms with E-state index in [1.165, 1.54) is 187 Å². The summed E-state index contributed by atoms with van der Waals surface area (Å²) >= 11 is 8.10. The molecule has 6 aromatic rings. The third-order valence-corrected chi connectivity index (χ3v) is 15.6. The Bertz CT molecular complexity index is 1720. The van der Waals surface area contributed by atoms with Gasteiger partial charge in [0.1, 0.15) is 0 Å². The van der Waals surface area contributed by atoms with E-state index in [0.717, 1.165) is 0 Å². The molecule has 4 aromatic heterocycles. The molecule has 2 aromatic carbocycles. The molecule has 0 radical (unpaired) electrons. The summed E-state index contributed by atoms with van der Waals surface area (Å²) in [6, 6.07) is 9.93. The van der Waals surface area contributed by atoms with E-state index in [1.807, 2.05) is 22.7 Å². The van der Waals surface area contributed by atoms with Crippen LogP contribution in [0.5, 0.6) is 0 Å². The second-order valence-electron chi connectivity index (χ2n) is 15.3. The van der Waals surface area contributed by atoms with Crippen LogP contribution in [0.25, 0.3) is 49.7 Å². The van der Waals surface area contributed by atoms with Gasteiger partial charge in [0.05, 0.1) is 9.40 Å². The molecule has 0 N–H and O–H groups in total. The van der Waals surface area contributed by atoms with Crippen molar-refractivity contribution in [2.24, 2.45) is 0 Å². The largest absolute Gasteiger partial charge is 0.144 e. The van der Waals surface area contributed by atoms with Gasteiger partial charge in [-0.3, -0.25) is 0 Å². The minimum absolute atomic E-state index is 1.22. The molecule has 0 aliphatic heterocycles. The molecule has 0 aliphatic rings. The maximum Gasteiger partial charge on any atom is 0.0545 e. The van der Waals surface area contributed by atoms with Crippen LogP contribution in [-0.4, -0.2) is 0 Å². The number of thiophene rings is 4. The molecule has 0 bridgehead atoms. The van der Waals surface area contributed by atoms with E-state index in [-0.39, 0.29) is 0 Å². The molecule has 272 valence electrons. The second-order valence-corrected chi connectivity index (χ2v) is 19.2. The Morgan fingerprint density at radius 2 is 0.700 bits per heavy atom. The molecule has 4 heteroatoms. The fourth-order valence-electron chi connectivity index (χ4n) is 8.31. The Kier molecular flexibility index (Phi) is 15.8. The number of unbranched alkanes of at least 4 members (excludes halogenated alkanes) is 22. The topological polar surface area (TPSA) is 0 Å². The van der Waals surface area contributed by atoms with Gasteiger partial charge in [-0.05, 0) is 71.8 Å². The number of benzene rings is 2. The number of hydrogen-bond acceptors (Lipinski definition) is 4. The molecular weight excluding hydrogens is 681 g/mol. The summed E-state index contributed by atoms with van der Waals surface area (Å²) < 4.78 is 9.25. The average Bonchev–Trinajstić information content (AvgIpc) is 3.92. The second kappa shape index (κ2) is 20.7. The first kappa shape index (κ1) is 38.3. The summed E-state index contributed by atoms with van der Waals surface area (Å²) in [4.78, 5) is 0. The van der Waals surface area contributed by atoms with Crippen LogP contribution >= 0.6 is 45.3 Å². The van der Waals surface area contributed by atoms with Gasteiger partial charge >= 0.3 is 0 Å². The number of aryl methyl sites for hydroxylation is 2. The first-order chi connectivity index (χ1) is 24.8. The lowest BCUT2D eigenvalue weighted by Crippen LogP contribution is -1.88. The molecule has 0 saturated carbocycles. The summed E-state index contributed by atoms with van der Waals surface area (Å²) in [5.74, 6) is 0. The van der Waals surface area contributed by atoms with Crippen LogP contribution in [0.1, 0.15) is 179 Å². The minimum atomic E-state index is 1.22. The van der Waals surface area contributed by atoms with Gasteiger partial charge in [-0.25, -0.2) is 0 Å². The molecule has 0 amide bonds. The fraction of sp³-hybridized carbons (Fsp3) is 0.609. The van der Waals surface area contributed by atoms with Gasteiger partial charge in [-0.2, -0.15) is 0 Å². The predicted octanol–water partition coefficient (Wildman–Crippen LogP) is 18.2. The van der Waals surface area contributed by atoms with Crippen LogP contribution in [0.4, 0.5) is 0 Å². The predicted molar refractivity (Wildman–Crippen MR) is 235 cm³/mol. The van der Waals surface area contributed by atoms with Gasteiger partial charge in [-0.1, -0.05) is 155 Å². The van der Waals surface area contributed by atoms with Gasteiger partial charge in [0.15, 0.2) is 0 Å². The van der Waals surface area contributed by atoms with Crippen molar-refractivity contribution in [1.29, 1.82) is 0 Å². The highest BCUT2D eigenvalue weighted by Gasteiger charge is 2.21. The molecule has 50 heavy (non-hydrogen) atoms. The molecule has 4 heterocycles. The van der Waals surface area contributed by atoms with E-state index < -0.39 is 0 Å². The number of rotatable bonds is 26. The maximum absolute atomic E-state index is 2.57. The lowest BCUT2D eigenvalue weighted by atomic mass is 9.99. The molecular formula is C46H64S4. The van der Waals surface area contributed by atoms with Crippen molar-refractivity contribution in [2.75, 3.05) is 0 Å². The van der Waals surface area contributed by atoms with Crippen LogP contribution in [0, 0.1) is 0 Å². The monoisotopic (exact) mass is 744 g/mol. The van der Waals surface area contributed by atoms with Crippen molar-refractivity contribution in [2.45, 2.75) is 181 Å². The lowest BCUT2D eigenvalue weighted by molar-refractivity contribution is 0.544. The van der Waals surface area contributed by atoms with Crippen molar-refractivity contribution in [3.63, 3.8) is 0 Å². The first-order valence-corrected chi connectivity index (χ1v) is 24.4. The fourth-order valence-corrected chi connectivity index (χ4v) is 13.2. The Balaban J connectivity index is 1.09. The minimum Gasteiger partial charge on any atom is -0.144 e. The molecule has 0 unspecified atom stereocenters. The molecule has 0 aliphatic carbocycles. The standard InChI is InChI=1S/C46H64S4/c1-3-5-7-9-11-13-15-17-19-21-23-25-27-35-33-39-37(29-31-47-39)43-41(35)45-46(49-43)42-36(34-40-38(30-32-48-40)44(42)50-45)28-26-24-22-20-18-16-14-12-10-8-6-4-2/h29-34H,3-28H2,1-2H3. The third-order valence-electron chi connectivity index (χ3n) is 11.3. The smallest absolute Gasteiger partial charge is 0.0545 e. The third kappa shape index (κ3) is 9.94. The zero-order valence-corrected chi connectivity index (χ0v) is 34.7. The van der Waals surface area contributed by atoms with Crippen LogP contribution < -0.4 is 0 Å². The van der Waals surface area contributed by atoms with Crippen LogP contribution in [0.15, 0.2) is 35.0 Å². The molecule has 0 fully saturated rings. The van der Waals surface area contributed by atoms with E-state index in [4.69, 9.17) is 0 Å². The van der Waals surface area contributed by atoms with Gasteiger partial charge in [0.2, 0.25) is 0 Å². The van der Waals surface area contributed by atoms with E-state index in [0.29, 0.717) is 0 Å².